The summed E-state index contributed by atoms with van der Waals surface area (Å²) in [5.74, 6) is 1.99. The summed E-state index contributed by atoms with van der Waals surface area (Å²) in [6.07, 6.45) is 5.08. The van der Waals surface area contributed by atoms with Crippen LogP contribution < -0.4 is 0 Å². The second kappa shape index (κ2) is 13.7. The SMILES string of the molecule is CC(CCCCS(=O)C(CCCC(C)(c1ccccc1)c1nn[nH]n1)c1ccccc1)(c1ccccc1)c1nn[nH]n1. The van der Waals surface area contributed by atoms with Gasteiger partial charge in [0.25, 0.3) is 0 Å². The Balaban J connectivity index is 1.24. The van der Waals surface area contributed by atoms with Crippen LogP contribution in [0.2, 0.25) is 0 Å². The average molecular weight is 583 g/mol. The quantitative estimate of drug-likeness (QED) is 0.148. The van der Waals surface area contributed by atoms with E-state index in [1.165, 1.54) is 0 Å². The van der Waals surface area contributed by atoms with Gasteiger partial charge in [-0.25, -0.2) is 0 Å². The summed E-state index contributed by atoms with van der Waals surface area (Å²) in [5, 5.41) is 30.1. The molecule has 0 amide bonds. The van der Waals surface area contributed by atoms with Crippen LogP contribution in [-0.2, 0) is 21.6 Å². The molecule has 0 radical (unpaired) electrons. The number of tetrazole rings is 2. The van der Waals surface area contributed by atoms with Crippen LogP contribution in [-0.4, -0.2) is 51.2 Å². The first-order chi connectivity index (χ1) is 20.5. The monoisotopic (exact) mass is 582 g/mol. The average Bonchev–Trinajstić information content (AvgIpc) is 3.79. The van der Waals surface area contributed by atoms with Gasteiger partial charge in [-0.05, 0) is 56.2 Å². The molecular formula is C32H38N8OS. The Morgan fingerprint density at radius 1 is 0.667 bits per heavy atom. The van der Waals surface area contributed by atoms with Crippen molar-refractivity contribution in [3.05, 3.63) is 119 Å². The van der Waals surface area contributed by atoms with Crippen LogP contribution in [0.4, 0.5) is 0 Å². The van der Waals surface area contributed by atoms with Gasteiger partial charge in [0.15, 0.2) is 11.6 Å². The first-order valence-corrected chi connectivity index (χ1v) is 15.9. The van der Waals surface area contributed by atoms with E-state index in [1.807, 2.05) is 54.6 Å². The maximum absolute atomic E-state index is 13.9. The van der Waals surface area contributed by atoms with Crippen molar-refractivity contribution in [1.29, 1.82) is 0 Å². The van der Waals surface area contributed by atoms with Gasteiger partial charge in [0.05, 0.1) is 16.1 Å². The van der Waals surface area contributed by atoms with Crippen molar-refractivity contribution in [3.8, 4) is 0 Å². The number of nitrogens with one attached hydrogen (secondary N) is 2. The summed E-state index contributed by atoms with van der Waals surface area (Å²) >= 11 is 0. The van der Waals surface area contributed by atoms with Gasteiger partial charge in [0, 0.05) is 16.6 Å². The van der Waals surface area contributed by atoms with E-state index in [-0.39, 0.29) is 10.7 Å². The molecule has 2 heterocycles. The smallest absolute Gasteiger partial charge is 0.184 e. The lowest BCUT2D eigenvalue weighted by molar-refractivity contribution is 0.457. The van der Waals surface area contributed by atoms with Gasteiger partial charge in [-0.1, -0.05) is 114 Å². The maximum atomic E-state index is 13.9. The van der Waals surface area contributed by atoms with Crippen molar-refractivity contribution in [2.24, 2.45) is 0 Å². The second-order valence-electron chi connectivity index (χ2n) is 11.2. The predicted octanol–water partition coefficient (Wildman–Crippen LogP) is 5.86. The fraction of sp³-hybridized carbons (Fsp3) is 0.375. The molecule has 2 N–H and O–H groups in total. The Hall–Kier alpha value is -4.05. The van der Waals surface area contributed by atoms with E-state index in [1.54, 1.807) is 0 Å². The van der Waals surface area contributed by atoms with Crippen molar-refractivity contribution >= 4 is 10.8 Å². The molecular weight excluding hydrogens is 544 g/mol. The van der Waals surface area contributed by atoms with Crippen molar-refractivity contribution in [1.82, 2.24) is 41.2 Å². The highest BCUT2D eigenvalue weighted by atomic mass is 32.2. The molecule has 4 atom stereocenters. The second-order valence-corrected chi connectivity index (χ2v) is 12.9. The standard InChI is InChI=1S/C32H38N8OS/c1-31(29-33-37-38-34-29,26-17-8-4-9-18-26)22-12-13-24-42(41)28(25-15-6-3-7-16-25)21-14-23-32(2,30-35-39-40-36-30)27-19-10-5-11-20-27/h3-11,15-20,28H,12-14,21-24H2,1-2H3,(H,33,34,37,38)(H,35,36,39,40). The number of unbranched alkanes of at least 4 members (excludes halogenated alkanes) is 1. The number of aromatic nitrogens is 8. The number of nitrogens with zero attached hydrogens (tertiary/aromatic N) is 6. The molecule has 0 spiro atoms. The molecule has 0 aliphatic heterocycles. The zero-order chi connectivity index (χ0) is 29.3. The molecule has 0 saturated heterocycles. The molecule has 5 aromatic rings. The van der Waals surface area contributed by atoms with Crippen molar-refractivity contribution in [3.63, 3.8) is 0 Å². The van der Waals surface area contributed by atoms with Gasteiger partial charge < -0.3 is 0 Å². The lowest BCUT2D eigenvalue weighted by Crippen LogP contribution is -2.26. The van der Waals surface area contributed by atoms with Crippen LogP contribution in [0.1, 0.15) is 86.0 Å². The van der Waals surface area contributed by atoms with Gasteiger partial charge >= 0.3 is 0 Å². The molecule has 0 fully saturated rings. The number of rotatable bonds is 15. The molecule has 4 unspecified atom stereocenters. The van der Waals surface area contributed by atoms with Crippen molar-refractivity contribution < 1.29 is 4.21 Å². The first-order valence-electron chi connectivity index (χ1n) is 14.5. The minimum absolute atomic E-state index is 0.0470. The fourth-order valence-corrected chi connectivity index (χ4v) is 7.46. The van der Waals surface area contributed by atoms with Gasteiger partial charge in [0.1, 0.15) is 0 Å². The molecule has 2 aromatic heterocycles. The molecule has 3 aromatic carbocycles. The molecule has 0 aliphatic carbocycles. The van der Waals surface area contributed by atoms with E-state index in [9.17, 15) is 4.21 Å². The molecule has 42 heavy (non-hydrogen) atoms. The van der Waals surface area contributed by atoms with E-state index in [2.05, 4.69) is 91.5 Å². The lowest BCUT2D eigenvalue weighted by atomic mass is 9.77. The van der Waals surface area contributed by atoms with E-state index in [0.717, 1.165) is 55.2 Å². The maximum Gasteiger partial charge on any atom is 0.184 e. The topological polar surface area (TPSA) is 126 Å². The third kappa shape index (κ3) is 6.70. The van der Waals surface area contributed by atoms with E-state index >= 15 is 0 Å². The van der Waals surface area contributed by atoms with Gasteiger partial charge in [-0.3, -0.25) is 4.21 Å². The molecule has 10 heteroatoms. The van der Waals surface area contributed by atoms with E-state index < -0.39 is 16.2 Å². The number of benzene rings is 3. The first kappa shape index (κ1) is 29.4. The summed E-state index contributed by atoms with van der Waals surface area (Å²) < 4.78 is 13.9. The zero-order valence-electron chi connectivity index (χ0n) is 24.2. The Morgan fingerprint density at radius 2 is 1.14 bits per heavy atom. The summed E-state index contributed by atoms with van der Waals surface area (Å²) in [6.45, 7) is 4.32. The molecule has 218 valence electrons. The van der Waals surface area contributed by atoms with Crippen LogP contribution in [0.25, 0.3) is 0 Å². The molecule has 0 aliphatic rings. The molecule has 5 rings (SSSR count). The van der Waals surface area contributed by atoms with Crippen LogP contribution in [0.15, 0.2) is 91.0 Å². The van der Waals surface area contributed by atoms with Crippen LogP contribution in [0.5, 0.6) is 0 Å². The van der Waals surface area contributed by atoms with Crippen LogP contribution in [0, 0.1) is 0 Å². The summed E-state index contributed by atoms with van der Waals surface area (Å²) in [4.78, 5) is 0. The van der Waals surface area contributed by atoms with Gasteiger partial charge in [0.2, 0.25) is 0 Å². The Kier molecular flexibility index (Phi) is 9.63. The van der Waals surface area contributed by atoms with Crippen LogP contribution in [0.3, 0.4) is 0 Å². The zero-order valence-corrected chi connectivity index (χ0v) is 25.0. The fourth-order valence-electron chi connectivity index (χ4n) is 5.80. The molecule has 0 bridgehead atoms. The van der Waals surface area contributed by atoms with E-state index in [0.29, 0.717) is 17.4 Å². The minimum atomic E-state index is -1.03. The van der Waals surface area contributed by atoms with Crippen molar-refractivity contribution in [2.75, 3.05) is 5.75 Å². The highest BCUT2D eigenvalue weighted by molar-refractivity contribution is 7.85. The van der Waals surface area contributed by atoms with Crippen LogP contribution >= 0.6 is 0 Å². The van der Waals surface area contributed by atoms with Crippen molar-refractivity contribution in [2.45, 2.75) is 68.5 Å². The summed E-state index contributed by atoms with van der Waals surface area (Å²) in [5.41, 5.74) is 2.65. The Labute approximate surface area is 249 Å². The van der Waals surface area contributed by atoms with E-state index in [4.69, 9.17) is 0 Å². The normalized spacial score (nSPS) is 15.9. The number of hydrogen-bond acceptors (Lipinski definition) is 7. The Bertz CT molecular complexity index is 1500. The molecule has 9 nitrogen and oxygen atoms in total. The van der Waals surface area contributed by atoms with Gasteiger partial charge in [-0.15, -0.1) is 20.4 Å². The highest BCUT2D eigenvalue weighted by Gasteiger charge is 2.34. The highest BCUT2D eigenvalue weighted by Crippen LogP contribution is 2.37. The summed E-state index contributed by atoms with van der Waals surface area (Å²) in [7, 11) is -1.03. The van der Waals surface area contributed by atoms with Gasteiger partial charge in [-0.2, -0.15) is 10.4 Å². The minimum Gasteiger partial charge on any atom is -0.259 e. The predicted molar refractivity (Wildman–Crippen MR) is 164 cm³/mol. The Morgan fingerprint density at radius 3 is 1.62 bits per heavy atom. The lowest BCUT2D eigenvalue weighted by Gasteiger charge is -2.28. The number of hydrogen-bond donors (Lipinski definition) is 2. The molecule has 0 saturated carbocycles. The summed E-state index contributed by atoms with van der Waals surface area (Å²) in [6, 6.07) is 30.9. The number of aromatic amines is 2. The number of H-pyrrole nitrogens is 2. The third-order valence-corrected chi connectivity index (χ3v) is 10.2. The largest absolute Gasteiger partial charge is 0.259 e. The third-order valence-electron chi connectivity index (χ3n) is 8.40.